The van der Waals surface area contributed by atoms with E-state index in [4.69, 9.17) is 0 Å². The maximum atomic E-state index is 12.0. The minimum absolute atomic E-state index is 0.0849. The summed E-state index contributed by atoms with van der Waals surface area (Å²) < 4.78 is 22.8. The molecule has 23 heavy (non-hydrogen) atoms. The van der Waals surface area contributed by atoms with Crippen molar-refractivity contribution in [3.05, 3.63) is 34.4 Å². The van der Waals surface area contributed by atoms with Crippen LogP contribution in [0.15, 0.2) is 17.2 Å². The summed E-state index contributed by atoms with van der Waals surface area (Å²) in [5.41, 5.74) is 7.80. The number of carbonyl (C=O) groups is 1. The van der Waals surface area contributed by atoms with Gasteiger partial charge in [0, 0.05) is 12.0 Å². The summed E-state index contributed by atoms with van der Waals surface area (Å²) >= 11 is 0. The van der Waals surface area contributed by atoms with Crippen molar-refractivity contribution in [2.24, 2.45) is 11.0 Å². The predicted molar refractivity (Wildman–Crippen MR) is 92.4 cm³/mol. The van der Waals surface area contributed by atoms with Crippen molar-refractivity contribution in [1.82, 2.24) is 5.43 Å². The largest absolute Gasteiger partial charge is 0.273 e. The van der Waals surface area contributed by atoms with Crippen molar-refractivity contribution in [2.75, 3.05) is 11.5 Å². The Kier molecular flexibility index (Phi) is 5.24. The summed E-state index contributed by atoms with van der Waals surface area (Å²) in [7, 11) is -2.95. The molecule has 126 valence electrons. The fraction of sp³-hybridized carbons (Fsp3) is 0.529. The van der Waals surface area contributed by atoms with Gasteiger partial charge in [-0.3, -0.25) is 4.79 Å². The van der Waals surface area contributed by atoms with E-state index in [-0.39, 0.29) is 29.8 Å². The SMILES string of the molecule is C/C(=N/NC(=O)C[C@H]1CCS(=O)(=O)C1)c1c(C)cc(C)cc1C. The van der Waals surface area contributed by atoms with Gasteiger partial charge in [-0.05, 0) is 51.2 Å². The molecule has 1 aromatic carbocycles. The van der Waals surface area contributed by atoms with E-state index in [1.807, 2.05) is 27.7 Å². The highest BCUT2D eigenvalue weighted by molar-refractivity contribution is 7.91. The average molecular weight is 336 g/mol. The molecule has 0 bridgehead atoms. The van der Waals surface area contributed by atoms with E-state index in [2.05, 4.69) is 22.7 Å². The maximum absolute atomic E-state index is 12.0. The predicted octanol–water partition coefficient (Wildman–Crippen LogP) is 2.28. The molecule has 1 fully saturated rings. The lowest BCUT2D eigenvalue weighted by Gasteiger charge is -2.11. The van der Waals surface area contributed by atoms with Crippen molar-refractivity contribution in [3.8, 4) is 0 Å². The van der Waals surface area contributed by atoms with E-state index < -0.39 is 9.84 Å². The Morgan fingerprint density at radius 3 is 2.39 bits per heavy atom. The van der Waals surface area contributed by atoms with Gasteiger partial charge < -0.3 is 0 Å². The molecular formula is C17H24N2O3S. The van der Waals surface area contributed by atoms with Gasteiger partial charge in [0.15, 0.2) is 9.84 Å². The molecule has 1 amide bonds. The molecule has 1 aliphatic rings. The van der Waals surface area contributed by atoms with Gasteiger partial charge in [-0.15, -0.1) is 0 Å². The first-order valence-corrected chi connectivity index (χ1v) is 9.62. The number of nitrogens with zero attached hydrogens (tertiary/aromatic N) is 1. The number of carbonyl (C=O) groups excluding carboxylic acids is 1. The quantitative estimate of drug-likeness (QED) is 0.677. The van der Waals surface area contributed by atoms with E-state index in [0.717, 1.165) is 22.4 Å². The Balaban J connectivity index is 2.01. The molecule has 6 heteroatoms. The molecule has 1 atom stereocenters. The first kappa shape index (κ1) is 17.7. The second kappa shape index (κ2) is 6.83. The van der Waals surface area contributed by atoms with Crippen molar-refractivity contribution < 1.29 is 13.2 Å². The molecule has 2 rings (SSSR count). The van der Waals surface area contributed by atoms with Crippen LogP contribution in [0.3, 0.4) is 0 Å². The van der Waals surface area contributed by atoms with Crippen LogP contribution < -0.4 is 5.43 Å². The normalized spacial score (nSPS) is 20.5. The smallest absolute Gasteiger partial charge is 0.240 e. The summed E-state index contributed by atoms with van der Waals surface area (Å²) in [4.78, 5) is 12.0. The summed E-state index contributed by atoms with van der Waals surface area (Å²) in [5.74, 6) is -0.0129. The van der Waals surface area contributed by atoms with Gasteiger partial charge in [0.05, 0.1) is 17.2 Å². The van der Waals surface area contributed by atoms with Crippen LogP contribution in [0, 0.1) is 26.7 Å². The minimum Gasteiger partial charge on any atom is -0.273 e. The number of rotatable bonds is 4. The highest BCUT2D eigenvalue weighted by Gasteiger charge is 2.29. The van der Waals surface area contributed by atoms with Gasteiger partial charge in [-0.25, -0.2) is 13.8 Å². The number of hydrazone groups is 1. The number of aryl methyl sites for hydroxylation is 3. The van der Waals surface area contributed by atoms with Crippen LogP contribution in [-0.2, 0) is 14.6 Å². The zero-order valence-corrected chi connectivity index (χ0v) is 15.0. The van der Waals surface area contributed by atoms with Gasteiger partial charge in [0.25, 0.3) is 0 Å². The van der Waals surface area contributed by atoms with E-state index >= 15 is 0 Å². The number of sulfone groups is 1. The summed E-state index contributed by atoms with van der Waals surface area (Å²) in [6.07, 6.45) is 0.774. The van der Waals surface area contributed by atoms with Crippen LogP contribution in [0.1, 0.15) is 42.0 Å². The molecule has 1 aromatic rings. The van der Waals surface area contributed by atoms with Crippen LogP contribution in [-0.4, -0.2) is 31.5 Å². The molecule has 1 N–H and O–H groups in total. The topological polar surface area (TPSA) is 75.6 Å². The molecule has 0 radical (unpaired) electrons. The van der Waals surface area contributed by atoms with Gasteiger partial charge in [0.1, 0.15) is 0 Å². The first-order chi connectivity index (χ1) is 10.7. The number of hydrogen-bond acceptors (Lipinski definition) is 4. The standard InChI is InChI=1S/C17H24N2O3S/c1-11-7-12(2)17(13(3)8-11)14(4)18-19-16(20)9-15-5-6-23(21,22)10-15/h7-8,15H,5-6,9-10H2,1-4H3,(H,19,20)/b18-14-/t15-/m1/s1. The molecular weight excluding hydrogens is 312 g/mol. The Hall–Kier alpha value is -1.69. The summed E-state index contributed by atoms with van der Waals surface area (Å²) in [5, 5.41) is 4.19. The summed E-state index contributed by atoms with van der Waals surface area (Å²) in [6.45, 7) is 7.97. The Morgan fingerprint density at radius 2 is 1.87 bits per heavy atom. The lowest BCUT2D eigenvalue weighted by atomic mass is 9.97. The van der Waals surface area contributed by atoms with E-state index in [9.17, 15) is 13.2 Å². The molecule has 0 aliphatic carbocycles. The fourth-order valence-corrected chi connectivity index (χ4v) is 5.16. The maximum Gasteiger partial charge on any atom is 0.240 e. The van der Waals surface area contributed by atoms with Crippen LogP contribution >= 0.6 is 0 Å². The molecule has 0 spiro atoms. The van der Waals surface area contributed by atoms with Crippen LogP contribution in [0.5, 0.6) is 0 Å². The Bertz CT molecular complexity index is 728. The third kappa shape index (κ3) is 4.64. The number of hydrogen-bond donors (Lipinski definition) is 1. The van der Waals surface area contributed by atoms with Gasteiger partial charge >= 0.3 is 0 Å². The highest BCUT2D eigenvalue weighted by atomic mass is 32.2. The van der Waals surface area contributed by atoms with Gasteiger partial charge in [-0.2, -0.15) is 5.10 Å². The van der Waals surface area contributed by atoms with Crippen LogP contribution in [0.4, 0.5) is 0 Å². The third-order valence-corrected chi connectivity index (χ3v) is 6.02. The number of amides is 1. The molecule has 1 heterocycles. The second-order valence-corrected chi connectivity index (χ2v) is 8.71. The molecule has 0 saturated carbocycles. The highest BCUT2D eigenvalue weighted by Crippen LogP contribution is 2.21. The average Bonchev–Trinajstić information content (AvgIpc) is 2.74. The fourth-order valence-electron chi connectivity index (χ4n) is 3.29. The van der Waals surface area contributed by atoms with Crippen molar-refractivity contribution in [2.45, 2.75) is 40.5 Å². The Labute approximate surface area is 138 Å². The van der Waals surface area contributed by atoms with Crippen molar-refractivity contribution in [1.29, 1.82) is 0 Å². The van der Waals surface area contributed by atoms with E-state index in [0.29, 0.717) is 6.42 Å². The van der Waals surface area contributed by atoms with Crippen LogP contribution in [0.2, 0.25) is 0 Å². The van der Waals surface area contributed by atoms with Crippen LogP contribution in [0.25, 0.3) is 0 Å². The third-order valence-electron chi connectivity index (χ3n) is 4.19. The lowest BCUT2D eigenvalue weighted by molar-refractivity contribution is -0.121. The molecule has 0 aromatic heterocycles. The Morgan fingerprint density at radius 1 is 1.26 bits per heavy atom. The zero-order valence-electron chi connectivity index (χ0n) is 14.1. The summed E-state index contributed by atoms with van der Waals surface area (Å²) in [6, 6.07) is 4.18. The molecule has 1 aliphatic heterocycles. The number of nitrogens with one attached hydrogen (secondary N) is 1. The van der Waals surface area contributed by atoms with Crippen molar-refractivity contribution >= 4 is 21.5 Å². The molecule has 5 nitrogen and oxygen atoms in total. The van der Waals surface area contributed by atoms with Crippen molar-refractivity contribution in [3.63, 3.8) is 0 Å². The number of benzene rings is 1. The molecule has 0 unspecified atom stereocenters. The minimum atomic E-state index is -2.95. The lowest BCUT2D eigenvalue weighted by Crippen LogP contribution is -2.23. The van der Waals surface area contributed by atoms with E-state index in [1.54, 1.807) is 0 Å². The van der Waals surface area contributed by atoms with E-state index in [1.165, 1.54) is 5.56 Å². The molecule has 1 saturated heterocycles. The zero-order chi connectivity index (χ0) is 17.2. The monoisotopic (exact) mass is 336 g/mol. The van der Waals surface area contributed by atoms with Gasteiger partial charge in [0.2, 0.25) is 5.91 Å². The van der Waals surface area contributed by atoms with Gasteiger partial charge in [-0.1, -0.05) is 17.7 Å². The second-order valence-electron chi connectivity index (χ2n) is 6.48. The first-order valence-electron chi connectivity index (χ1n) is 7.80.